The van der Waals surface area contributed by atoms with E-state index in [4.69, 9.17) is 19.5 Å². The summed E-state index contributed by atoms with van der Waals surface area (Å²) >= 11 is 0. The number of para-hydroxylation sites is 2. The topological polar surface area (TPSA) is 60.7 Å². The summed E-state index contributed by atoms with van der Waals surface area (Å²) in [5.74, 6) is 1.63. The van der Waals surface area contributed by atoms with Gasteiger partial charge in [0.15, 0.2) is 0 Å². The van der Waals surface area contributed by atoms with E-state index in [1.54, 1.807) is 14.2 Å². The Kier molecular flexibility index (Phi) is 6.10. The number of nitrogens with one attached hydrogen (secondary N) is 1. The highest BCUT2D eigenvalue weighted by Crippen LogP contribution is 2.31. The summed E-state index contributed by atoms with van der Waals surface area (Å²) in [6.07, 6.45) is 0. The van der Waals surface area contributed by atoms with E-state index in [1.807, 2.05) is 54.6 Å². The third-order valence-corrected chi connectivity index (χ3v) is 5.79. The molecule has 0 fully saturated rings. The molecule has 1 aliphatic carbocycles. The predicted molar refractivity (Wildman–Crippen MR) is 141 cm³/mol. The molecule has 6 nitrogen and oxygen atoms in total. The van der Waals surface area contributed by atoms with E-state index in [-0.39, 0.29) is 6.04 Å². The van der Waals surface area contributed by atoms with Crippen LogP contribution in [0.15, 0.2) is 89.9 Å². The third kappa shape index (κ3) is 4.55. The smallest absolute Gasteiger partial charge is 0.119 e. The van der Waals surface area contributed by atoms with Crippen molar-refractivity contribution >= 4 is 22.4 Å². The summed E-state index contributed by atoms with van der Waals surface area (Å²) in [6, 6.07) is 28.4. The van der Waals surface area contributed by atoms with Crippen LogP contribution in [0.2, 0.25) is 0 Å². The Labute approximate surface area is 204 Å². The molecule has 0 unspecified atom stereocenters. The van der Waals surface area contributed by atoms with Crippen molar-refractivity contribution in [2.24, 2.45) is 4.99 Å². The minimum absolute atomic E-state index is 0.131. The maximum Gasteiger partial charge on any atom is 0.119 e. The zero-order chi connectivity index (χ0) is 24.4. The van der Waals surface area contributed by atoms with Crippen LogP contribution in [-0.4, -0.2) is 29.8 Å². The van der Waals surface area contributed by atoms with E-state index < -0.39 is 0 Å². The van der Waals surface area contributed by atoms with Gasteiger partial charge in [-0.1, -0.05) is 12.1 Å². The summed E-state index contributed by atoms with van der Waals surface area (Å²) in [7, 11) is 3.34. The van der Waals surface area contributed by atoms with E-state index >= 15 is 0 Å². The molecule has 2 aliphatic rings. The Bertz CT molecular complexity index is 1500. The highest BCUT2D eigenvalue weighted by molar-refractivity contribution is 5.84. The predicted octanol–water partition coefficient (Wildman–Crippen LogP) is 6.20. The van der Waals surface area contributed by atoms with Crippen molar-refractivity contribution in [1.82, 2.24) is 9.55 Å². The summed E-state index contributed by atoms with van der Waals surface area (Å²) in [5.41, 5.74) is 6.68. The third-order valence-electron chi connectivity index (χ3n) is 5.79. The van der Waals surface area contributed by atoms with Crippen molar-refractivity contribution in [3.05, 3.63) is 90.3 Å². The molecule has 3 aromatic carbocycles. The van der Waals surface area contributed by atoms with Gasteiger partial charge in [0.25, 0.3) is 0 Å². The SMILES string of the molecule is COc1ccc(Nc2cc3nc4ccccc4n(-c4ccc(OC)cc4)c-3c/c2=N/C(C)C)cc1. The van der Waals surface area contributed by atoms with Crippen LogP contribution in [-0.2, 0) is 0 Å². The molecule has 5 rings (SSSR count). The molecule has 35 heavy (non-hydrogen) atoms. The number of benzene rings is 4. The number of aromatic nitrogens is 2. The van der Waals surface area contributed by atoms with Crippen molar-refractivity contribution < 1.29 is 9.47 Å². The number of methoxy groups -OCH3 is 2. The molecule has 0 amide bonds. The molecular weight excluding hydrogens is 436 g/mol. The number of nitrogens with zero attached hydrogens (tertiary/aromatic N) is 3. The van der Waals surface area contributed by atoms with Crippen LogP contribution in [0, 0.1) is 0 Å². The first-order chi connectivity index (χ1) is 17.1. The van der Waals surface area contributed by atoms with E-state index in [0.717, 1.165) is 56.3 Å². The molecule has 0 aromatic heterocycles. The lowest BCUT2D eigenvalue weighted by Crippen LogP contribution is -2.16. The summed E-state index contributed by atoms with van der Waals surface area (Å²) in [5, 5.41) is 4.41. The minimum Gasteiger partial charge on any atom is -0.497 e. The Balaban J connectivity index is 1.76. The Morgan fingerprint density at radius 3 is 2.14 bits per heavy atom. The van der Waals surface area contributed by atoms with Gasteiger partial charge in [-0.25, -0.2) is 4.98 Å². The Morgan fingerprint density at radius 2 is 1.49 bits per heavy atom. The number of anilines is 2. The average Bonchev–Trinajstić information content (AvgIpc) is 2.88. The maximum atomic E-state index is 5.38. The zero-order valence-corrected chi connectivity index (χ0v) is 20.3. The van der Waals surface area contributed by atoms with Crippen LogP contribution in [0.3, 0.4) is 0 Å². The number of hydrogen-bond acceptors (Lipinski definition) is 5. The van der Waals surface area contributed by atoms with Gasteiger partial charge in [-0.05, 0) is 86.6 Å². The largest absolute Gasteiger partial charge is 0.497 e. The minimum atomic E-state index is 0.131. The van der Waals surface area contributed by atoms with Crippen LogP contribution in [0.4, 0.5) is 11.4 Å². The normalized spacial score (nSPS) is 11.9. The Hall–Kier alpha value is -4.32. The first-order valence-corrected chi connectivity index (χ1v) is 11.6. The van der Waals surface area contributed by atoms with Crippen molar-refractivity contribution in [2.45, 2.75) is 19.9 Å². The molecule has 0 bridgehead atoms. The molecule has 0 spiro atoms. The van der Waals surface area contributed by atoms with Crippen molar-refractivity contribution in [3.8, 4) is 28.6 Å². The van der Waals surface area contributed by atoms with Gasteiger partial charge < -0.3 is 19.4 Å². The van der Waals surface area contributed by atoms with E-state index in [2.05, 4.69) is 54.1 Å². The molecule has 0 atom stereocenters. The fourth-order valence-corrected chi connectivity index (χ4v) is 4.17. The number of hydrogen-bond donors (Lipinski definition) is 1. The maximum absolute atomic E-state index is 5.38. The monoisotopic (exact) mass is 464 g/mol. The molecule has 0 saturated carbocycles. The number of ether oxygens (including phenoxy) is 2. The van der Waals surface area contributed by atoms with Crippen LogP contribution < -0.4 is 20.1 Å². The molecule has 1 heterocycles. The second kappa shape index (κ2) is 9.50. The van der Waals surface area contributed by atoms with Gasteiger partial charge in [-0.15, -0.1) is 0 Å². The standard InChI is InChI=1S/C29H28N4O2/c1-19(2)30-26-18-29-27(17-25(26)31-20-9-13-22(34-3)14-10-20)32-24-7-5-6-8-28(24)33(29)21-11-15-23(35-4)16-12-21/h5-19,31H,1-4H3/b30-26-. The highest BCUT2D eigenvalue weighted by Gasteiger charge is 2.17. The fraction of sp³-hybridized carbons (Fsp3) is 0.172. The van der Waals surface area contributed by atoms with Gasteiger partial charge in [-0.3, -0.25) is 4.99 Å². The molecule has 0 saturated heterocycles. The molecule has 3 aromatic rings. The number of rotatable bonds is 6. The molecule has 1 N–H and O–H groups in total. The second-order valence-electron chi connectivity index (χ2n) is 8.57. The average molecular weight is 465 g/mol. The van der Waals surface area contributed by atoms with Crippen LogP contribution in [0.5, 0.6) is 11.5 Å². The van der Waals surface area contributed by atoms with Gasteiger partial charge >= 0.3 is 0 Å². The lowest BCUT2D eigenvalue weighted by Gasteiger charge is -2.20. The summed E-state index contributed by atoms with van der Waals surface area (Å²) in [4.78, 5) is 9.93. The number of fused-ring (bicyclic) bond motifs is 2. The first-order valence-electron chi connectivity index (χ1n) is 11.6. The summed E-state index contributed by atoms with van der Waals surface area (Å²) < 4.78 is 12.9. The molecule has 0 radical (unpaired) electrons. The molecule has 176 valence electrons. The molecule has 1 aliphatic heterocycles. The zero-order valence-electron chi connectivity index (χ0n) is 20.3. The highest BCUT2D eigenvalue weighted by atomic mass is 16.5. The van der Waals surface area contributed by atoms with Gasteiger partial charge in [0.05, 0.1) is 47.7 Å². The Morgan fingerprint density at radius 1 is 0.829 bits per heavy atom. The van der Waals surface area contributed by atoms with Crippen LogP contribution in [0.25, 0.3) is 28.1 Å². The molecule has 6 heteroatoms. The van der Waals surface area contributed by atoms with Gasteiger partial charge in [-0.2, -0.15) is 0 Å². The van der Waals surface area contributed by atoms with E-state index in [1.165, 1.54) is 0 Å². The first kappa shape index (κ1) is 22.5. The van der Waals surface area contributed by atoms with Crippen molar-refractivity contribution in [3.63, 3.8) is 0 Å². The lowest BCUT2D eigenvalue weighted by molar-refractivity contribution is 0.414. The summed E-state index contributed by atoms with van der Waals surface area (Å²) in [6.45, 7) is 4.16. The van der Waals surface area contributed by atoms with Crippen molar-refractivity contribution in [2.75, 3.05) is 19.5 Å². The van der Waals surface area contributed by atoms with Crippen LogP contribution >= 0.6 is 0 Å². The quantitative estimate of drug-likeness (QED) is 0.304. The van der Waals surface area contributed by atoms with Gasteiger partial charge in [0.1, 0.15) is 11.5 Å². The van der Waals surface area contributed by atoms with Gasteiger partial charge in [0.2, 0.25) is 0 Å². The molecular formula is C29H28N4O2. The van der Waals surface area contributed by atoms with Crippen LogP contribution in [0.1, 0.15) is 13.8 Å². The van der Waals surface area contributed by atoms with E-state index in [9.17, 15) is 0 Å². The second-order valence-corrected chi connectivity index (χ2v) is 8.57. The van der Waals surface area contributed by atoms with Gasteiger partial charge in [0, 0.05) is 17.4 Å². The fourth-order valence-electron chi connectivity index (χ4n) is 4.17. The lowest BCUT2D eigenvalue weighted by atomic mass is 10.1. The van der Waals surface area contributed by atoms with Crippen molar-refractivity contribution in [1.29, 1.82) is 0 Å². The van der Waals surface area contributed by atoms with E-state index in [0.29, 0.717) is 0 Å².